The third-order valence-corrected chi connectivity index (χ3v) is 3.95. The number of nitrogens with one attached hydrogen (secondary N) is 2. The molecule has 0 heterocycles. The highest BCUT2D eigenvalue weighted by Crippen LogP contribution is 2.25. The molecule has 11 nitrogen and oxygen atoms in total. The van der Waals surface area contributed by atoms with Gasteiger partial charge in [-0.25, -0.2) is 5.43 Å². The summed E-state index contributed by atoms with van der Waals surface area (Å²) in [5.41, 5.74) is 3.27. The van der Waals surface area contributed by atoms with Gasteiger partial charge in [-0.1, -0.05) is 17.7 Å². The van der Waals surface area contributed by atoms with Crippen molar-refractivity contribution in [1.82, 2.24) is 5.43 Å². The maximum atomic E-state index is 12.0. The van der Waals surface area contributed by atoms with Gasteiger partial charge in [-0.15, -0.1) is 0 Å². The number of anilines is 1. The summed E-state index contributed by atoms with van der Waals surface area (Å²) in [7, 11) is 0. The first-order valence-electron chi connectivity index (χ1n) is 8.76. The van der Waals surface area contributed by atoms with Crippen molar-refractivity contribution in [2.24, 2.45) is 5.10 Å². The Morgan fingerprint density at radius 1 is 1.00 bits per heavy atom. The number of benzene rings is 2. The number of nitrogens with zero attached hydrogens (tertiary/aromatic N) is 3. The monoisotopic (exact) mass is 413 g/mol. The van der Waals surface area contributed by atoms with Crippen molar-refractivity contribution < 1.29 is 19.4 Å². The Bertz CT molecular complexity index is 1020. The number of non-ortho nitro benzene ring substituents is 1. The molecule has 0 spiro atoms. The van der Waals surface area contributed by atoms with Crippen LogP contribution in [0.25, 0.3) is 0 Å². The lowest BCUT2D eigenvalue weighted by molar-refractivity contribution is -0.394. The maximum absolute atomic E-state index is 12.0. The largest absolute Gasteiger partial charge is 0.326 e. The van der Waals surface area contributed by atoms with Gasteiger partial charge in [0.05, 0.1) is 28.8 Å². The van der Waals surface area contributed by atoms with E-state index in [2.05, 4.69) is 15.8 Å². The Morgan fingerprint density at radius 2 is 1.67 bits per heavy atom. The van der Waals surface area contributed by atoms with Crippen LogP contribution in [0.5, 0.6) is 0 Å². The van der Waals surface area contributed by atoms with Crippen molar-refractivity contribution in [3.8, 4) is 0 Å². The number of hydrogen-bond donors (Lipinski definition) is 2. The van der Waals surface area contributed by atoms with E-state index >= 15 is 0 Å². The molecule has 2 N–H and O–H groups in total. The summed E-state index contributed by atoms with van der Waals surface area (Å²) in [5, 5.41) is 28.4. The molecular formula is C19H19N5O6. The minimum Gasteiger partial charge on any atom is -0.326 e. The summed E-state index contributed by atoms with van der Waals surface area (Å²) in [6, 6.07) is 10.3. The van der Waals surface area contributed by atoms with Crippen molar-refractivity contribution in [1.29, 1.82) is 0 Å². The van der Waals surface area contributed by atoms with Crippen LogP contribution in [0.1, 0.15) is 24.5 Å². The van der Waals surface area contributed by atoms with Crippen LogP contribution in [-0.2, 0) is 16.0 Å². The van der Waals surface area contributed by atoms with Crippen LogP contribution >= 0.6 is 0 Å². The van der Waals surface area contributed by atoms with E-state index in [-0.39, 0.29) is 17.9 Å². The quantitative estimate of drug-likeness (QED) is 0.385. The predicted octanol–water partition coefficient (Wildman–Crippen LogP) is 2.87. The lowest BCUT2D eigenvalue weighted by Gasteiger charge is -2.06. The third kappa shape index (κ3) is 6.48. The van der Waals surface area contributed by atoms with E-state index in [1.54, 1.807) is 19.1 Å². The molecule has 156 valence electrons. The van der Waals surface area contributed by atoms with E-state index in [1.807, 2.05) is 19.1 Å². The Kier molecular flexibility index (Phi) is 7.28. The maximum Gasteiger partial charge on any atom is 0.279 e. The zero-order valence-corrected chi connectivity index (χ0v) is 16.2. The Hall–Kier alpha value is -4.15. The van der Waals surface area contributed by atoms with Crippen LogP contribution in [0.15, 0.2) is 47.6 Å². The van der Waals surface area contributed by atoms with Crippen LogP contribution in [0.3, 0.4) is 0 Å². The molecule has 0 aliphatic heterocycles. The molecule has 11 heteroatoms. The molecule has 0 unspecified atom stereocenters. The fraction of sp³-hybridized carbons (Fsp3) is 0.211. The van der Waals surface area contributed by atoms with Gasteiger partial charge in [0.25, 0.3) is 11.4 Å². The average Bonchev–Trinajstić information content (AvgIpc) is 2.68. The highest BCUT2D eigenvalue weighted by molar-refractivity contribution is 6.05. The van der Waals surface area contributed by atoms with Crippen LogP contribution in [0, 0.1) is 27.2 Å². The summed E-state index contributed by atoms with van der Waals surface area (Å²) in [6.07, 6.45) is -0.466. The molecule has 2 rings (SSSR count). The Balaban J connectivity index is 1.95. The van der Waals surface area contributed by atoms with Gasteiger partial charge in [0.1, 0.15) is 0 Å². The number of hydrazone groups is 1. The van der Waals surface area contributed by atoms with E-state index in [1.165, 1.54) is 0 Å². The van der Waals surface area contributed by atoms with E-state index in [0.29, 0.717) is 11.4 Å². The summed E-state index contributed by atoms with van der Waals surface area (Å²) in [6.45, 7) is 3.47. The van der Waals surface area contributed by atoms with E-state index in [9.17, 15) is 29.8 Å². The van der Waals surface area contributed by atoms with Gasteiger partial charge in [-0.2, -0.15) is 5.10 Å². The molecule has 0 aromatic heterocycles. The smallest absolute Gasteiger partial charge is 0.279 e. The minimum atomic E-state index is -0.792. The number of nitro benzene ring substituents is 2. The topological polar surface area (TPSA) is 157 Å². The molecular weight excluding hydrogens is 394 g/mol. The van der Waals surface area contributed by atoms with Gasteiger partial charge in [-0.3, -0.25) is 29.8 Å². The van der Waals surface area contributed by atoms with E-state index < -0.39 is 33.5 Å². The van der Waals surface area contributed by atoms with Crippen molar-refractivity contribution in [2.45, 2.75) is 26.7 Å². The fourth-order valence-corrected chi connectivity index (χ4v) is 2.47. The normalized spacial score (nSPS) is 10.9. The van der Waals surface area contributed by atoms with Crippen LogP contribution in [0.2, 0.25) is 0 Å². The summed E-state index contributed by atoms with van der Waals surface area (Å²) < 4.78 is 0. The second kappa shape index (κ2) is 9.87. The molecule has 0 bridgehead atoms. The first kappa shape index (κ1) is 22.1. The summed E-state index contributed by atoms with van der Waals surface area (Å²) in [4.78, 5) is 44.4. The molecule has 0 atom stereocenters. The lowest BCUT2D eigenvalue weighted by Crippen LogP contribution is -2.23. The summed E-state index contributed by atoms with van der Waals surface area (Å²) in [5.74, 6) is -0.981. The van der Waals surface area contributed by atoms with Gasteiger partial charge in [-0.05, 0) is 32.0 Å². The first-order valence-corrected chi connectivity index (χ1v) is 8.76. The van der Waals surface area contributed by atoms with Crippen LogP contribution in [-0.4, -0.2) is 27.4 Å². The van der Waals surface area contributed by atoms with Crippen LogP contribution < -0.4 is 10.7 Å². The highest BCUT2D eigenvalue weighted by Gasteiger charge is 2.21. The molecule has 2 amide bonds. The lowest BCUT2D eigenvalue weighted by atomic mass is 10.1. The second-order valence-corrected chi connectivity index (χ2v) is 6.48. The molecule has 30 heavy (non-hydrogen) atoms. The van der Waals surface area contributed by atoms with Gasteiger partial charge in [0.2, 0.25) is 11.8 Å². The van der Waals surface area contributed by atoms with Gasteiger partial charge < -0.3 is 5.32 Å². The minimum absolute atomic E-state index is 0.00747. The number of aryl methyl sites for hydroxylation is 1. The number of carbonyl (C=O) groups excluding carboxylic acids is 2. The number of nitro groups is 2. The molecule has 0 saturated heterocycles. The molecule has 0 radical (unpaired) electrons. The van der Waals surface area contributed by atoms with Gasteiger partial charge in [0, 0.05) is 23.0 Å². The molecule has 0 saturated carbocycles. The van der Waals surface area contributed by atoms with Crippen molar-refractivity contribution in [3.05, 3.63) is 73.8 Å². The molecule has 0 aliphatic carbocycles. The fourth-order valence-electron chi connectivity index (χ4n) is 2.47. The predicted molar refractivity (Wildman–Crippen MR) is 109 cm³/mol. The third-order valence-electron chi connectivity index (χ3n) is 3.95. The molecule has 2 aromatic carbocycles. The molecule has 0 aliphatic rings. The highest BCUT2D eigenvalue weighted by atomic mass is 16.6. The standard InChI is InChI=1S/C19H19N5O6/c1-12-3-6-15(7-4-12)20-18(25)9-13(2)21-22-19(26)10-14-5-8-16(23(27)28)11-17(14)24(29)30/h3-8,11H,9-10H2,1-2H3,(H,20,25)(H,22,26)/b21-13-. The average molecular weight is 413 g/mol. The molecule has 0 fully saturated rings. The second-order valence-electron chi connectivity index (χ2n) is 6.48. The zero-order valence-electron chi connectivity index (χ0n) is 16.2. The number of amides is 2. The Labute approximate surface area is 171 Å². The van der Waals surface area contributed by atoms with Crippen molar-refractivity contribution in [3.63, 3.8) is 0 Å². The van der Waals surface area contributed by atoms with E-state index in [4.69, 9.17) is 0 Å². The first-order chi connectivity index (χ1) is 14.2. The Morgan fingerprint density at radius 3 is 2.27 bits per heavy atom. The van der Waals surface area contributed by atoms with E-state index in [0.717, 1.165) is 23.8 Å². The van der Waals surface area contributed by atoms with Crippen molar-refractivity contribution in [2.75, 3.05) is 5.32 Å². The summed E-state index contributed by atoms with van der Waals surface area (Å²) >= 11 is 0. The van der Waals surface area contributed by atoms with Crippen molar-refractivity contribution >= 4 is 34.6 Å². The number of rotatable bonds is 8. The number of carbonyl (C=O) groups is 2. The van der Waals surface area contributed by atoms with Crippen LogP contribution in [0.4, 0.5) is 17.1 Å². The zero-order chi connectivity index (χ0) is 22.3. The van der Waals surface area contributed by atoms with Gasteiger partial charge >= 0.3 is 0 Å². The SMILES string of the molecule is C/C(CC(=O)Nc1ccc(C)cc1)=N/NC(=O)Cc1ccc([N+](=O)[O-])cc1[N+](=O)[O-]. The number of hydrogen-bond acceptors (Lipinski definition) is 7. The molecule has 2 aromatic rings. The van der Waals surface area contributed by atoms with Gasteiger partial charge in [0.15, 0.2) is 0 Å².